The van der Waals surface area contributed by atoms with Crippen LogP contribution in [0.5, 0.6) is 0 Å². The molecule has 1 aromatic carbocycles. The van der Waals surface area contributed by atoms with E-state index in [4.69, 9.17) is 6.42 Å². The molecule has 0 radical (unpaired) electrons. The first-order valence-electron chi connectivity index (χ1n) is 15.1. The Labute approximate surface area is 246 Å². The van der Waals surface area contributed by atoms with Gasteiger partial charge in [-0.3, -0.25) is 9.59 Å². The standard InChI is InChI=1S/C33H52N2O4S/c1-6-13-28(34-32(38)27(22-40-21-24(4)5)19-25-14-9-7-10-15-25)33(39)35-29(20-26-16-11-8-12-17-26)31(37)30(36)18-23(2)3/h1,7,9-10,14-15,23-24,26-31,36-37H,8,11-13,16-22H2,2-5H3,(H,34,38)(H,35,39)/t27-,28+,29+,30+,31-/m1/s1. The maximum absolute atomic E-state index is 13.5. The van der Waals surface area contributed by atoms with Crippen molar-refractivity contribution in [2.24, 2.45) is 23.7 Å². The molecule has 0 saturated heterocycles. The topological polar surface area (TPSA) is 98.7 Å². The zero-order chi connectivity index (χ0) is 29.5. The van der Waals surface area contributed by atoms with Crippen LogP contribution in [0.15, 0.2) is 30.3 Å². The molecule has 1 aliphatic carbocycles. The third kappa shape index (κ3) is 12.7. The fourth-order valence-electron chi connectivity index (χ4n) is 5.43. The van der Waals surface area contributed by atoms with E-state index in [-0.39, 0.29) is 24.2 Å². The van der Waals surface area contributed by atoms with Crippen LogP contribution in [0.2, 0.25) is 0 Å². The van der Waals surface area contributed by atoms with Gasteiger partial charge in [0.15, 0.2) is 0 Å². The zero-order valence-electron chi connectivity index (χ0n) is 25.0. The first-order valence-corrected chi connectivity index (χ1v) is 16.3. The number of aliphatic hydroxyl groups is 2. The van der Waals surface area contributed by atoms with Gasteiger partial charge in [-0.15, -0.1) is 12.3 Å². The lowest BCUT2D eigenvalue weighted by molar-refractivity contribution is -0.132. The number of carbonyl (C=O) groups excluding carboxylic acids is 2. The lowest BCUT2D eigenvalue weighted by Crippen LogP contribution is -2.56. The highest BCUT2D eigenvalue weighted by atomic mass is 32.2. The van der Waals surface area contributed by atoms with Crippen LogP contribution in [0, 0.1) is 36.0 Å². The second-order valence-corrected chi connectivity index (χ2v) is 13.4. The van der Waals surface area contributed by atoms with Crippen LogP contribution in [0.4, 0.5) is 0 Å². The van der Waals surface area contributed by atoms with Gasteiger partial charge in [-0.2, -0.15) is 11.8 Å². The Hall–Kier alpha value is -2.01. The first-order chi connectivity index (χ1) is 19.1. The molecule has 40 heavy (non-hydrogen) atoms. The maximum Gasteiger partial charge on any atom is 0.243 e. The van der Waals surface area contributed by atoms with Gasteiger partial charge in [-0.25, -0.2) is 0 Å². The number of nitrogens with one attached hydrogen (secondary N) is 2. The summed E-state index contributed by atoms with van der Waals surface area (Å²) in [5.74, 6) is 4.34. The van der Waals surface area contributed by atoms with Gasteiger partial charge in [-0.05, 0) is 48.3 Å². The molecular formula is C33H52N2O4S. The number of thioether (sulfide) groups is 1. The maximum atomic E-state index is 13.5. The van der Waals surface area contributed by atoms with Crippen molar-refractivity contribution in [3.8, 4) is 12.3 Å². The van der Waals surface area contributed by atoms with Gasteiger partial charge in [-0.1, -0.05) is 90.1 Å². The summed E-state index contributed by atoms with van der Waals surface area (Å²) in [6, 6.07) is 8.39. The normalized spacial score (nSPS) is 18.0. The Bertz CT molecular complexity index is 911. The van der Waals surface area contributed by atoms with E-state index in [1.807, 2.05) is 44.2 Å². The highest BCUT2D eigenvalue weighted by Crippen LogP contribution is 2.29. The monoisotopic (exact) mass is 572 g/mol. The highest BCUT2D eigenvalue weighted by molar-refractivity contribution is 7.99. The molecule has 2 rings (SSSR count). The summed E-state index contributed by atoms with van der Waals surface area (Å²) in [6.45, 7) is 8.30. The molecule has 4 N–H and O–H groups in total. The Balaban J connectivity index is 2.15. The minimum atomic E-state index is -1.09. The molecule has 0 heterocycles. The third-order valence-electron chi connectivity index (χ3n) is 7.58. The van der Waals surface area contributed by atoms with Crippen LogP contribution in [0.25, 0.3) is 0 Å². The summed E-state index contributed by atoms with van der Waals surface area (Å²) in [4.78, 5) is 27.1. The van der Waals surface area contributed by atoms with E-state index in [1.165, 1.54) is 6.42 Å². The molecule has 7 heteroatoms. The van der Waals surface area contributed by atoms with Crippen molar-refractivity contribution in [1.82, 2.24) is 10.6 Å². The summed E-state index contributed by atoms with van der Waals surface area (Å²) in [5, 5.41) is 27.7. The Kier molecular flexibility index (Phi) is 15.8. The van der Waals surface area contributed by atoms with Gasteiger partial charge in [0, 0.05) is 12.2 Å². The lowest BCUT2D eigenvalue weighted by atomic mass is 9.82. The Morgan fingerprint density at radius 1 is 0.975 bits per heavy atom. The molecular weight excluding hydrogens is 520 g/mol. The smallest absolute Gasteiger partial charge is 0.243 e. The van der Waals surface area contributed by atoms with E-state index in [2.05, 4.69) is 30.4 Å². The largest absolute Gasteiger partial charge is 0.390 e. The first kappa shape index (κ1) is 34.2. The van der Waals surface area contributed by atoms with Crippen LogP contribution >= 0.6 is 11.8 Å². The average Bonchev–Trinajstić information content (AvgIpc) is 2.92. The van der Waals surface area contributed by atoms with Crippen molar-refractivity contribution in [2.45, 2.75) is 110 Å². The predicted molar refractivity (Wildman–Crippen MR) is 166 cm³/mol. The number of rotatable bonds is 17. The van der Waals surface area contributed by atoms with Crippen molar-refractivity contribution in [1.29, 1.82) is 0 Å². The number of hydrogen-bond acceptors (Lipinski definition) is 5. The number of carbonyl (C=O) groups is 2. The number of aliphatic hydroxyl groups excluding tert-OH is 2. The summed E-state index contributed by atoms with van der Waals surface area (Å²) < 4.78 is 0. The van der Waals surface area contributed by atoms with Gasteiger partial charge in [0.25, 0.3) is 0 Å². The van der Waals surface area contributed by atoms with E-state index >= 15 is 0 Å². The number of amides is 2. The molecule has 0 aliphatic heterocycles. The summed E-state index contributed by atoms with van der Waals surface area (Å²) in [6.07, 6.45) is 10.9. The average molecular weight is 573 g/mol. The van der Waals surface area contributed by atoms with Crippen LogP contribution in [0.3, 0.4) is 0 Å². The summed E-state index contributed by atoms with van der Waals surface area (Å²) in [5.41, 5.74) is 1.07. The SMILES string of the molecule is C#CC[C@H](NC(=O)[C@@H](CSCC(C)C)Cc1ccccc1)C(=O)N[C@@H](CC1CCCCC1)[C@@H](O)[C@@H](O)CC(C)C. The van der Waals surface area contributed by atoms with Crippen molar-refractivity contribution in [3.05, 3.63) is 35.9 Å². The molecule has 6 nitrogen and oxygen atoms in total. The van der Waals surface area contributed by atoms with Crippen molar-refractivity contribution in [3.63, 3.8) is 0 Å². The van der Waals surface area contributed by atoms with E-state index in [0.717, 1.165) is 37.0 Å². The second kappa shape index (κ2) is 18.4. The fourth-order valence-corrected chi connectivity index (χ4v) is 6.59. The van der Waals surface area contributed by atoms with Gasteiger partial charge in [0.05, 0.1) is 18.1 Å². The zero-order valence-corrected chi connectivity index (χ0v) is 25.8. The number of hydrogen-bond donors (Lipinski definition) is 4. The van der Waals surface area contributed by atoms with Crippen LogP contribution in [-0.2, 0) is 16.0 Å². The molecule has 0 unspecified atom stereocenters. The third-order valence-corrected chi connectivity index (χ3v) is 9.12. The molecule has 0 bridgehead atoms. The van der Waals surface area contributed by atoms with Crippen molar-refractivity contribution in [2.75, 3.05) is 11.5 Å². The van der Waals surface area contributed by atoms with Gasteiger partial charge < -0.3 is 20.8 Å². The minimum absolute atomic E-state index is 0.0511. The molecule has 0 spiro atoms. The minimum Gasteiger partial charge on any atom is -0.390 e. The number of benzene rings is 1. The van der Waals surface area contributed by atoms with Crippen molar-refractivity contribution < 1.29 is 19.8 Å². The molecule has 1 fully saturated rings. The van der Waals surface area contributed by atoms with Gasteiger partial charge in [0.2, 0.25) is 11.8 Å². The fraction of sp³-hybridized carbons (Fsp3) is 0.697. The molecule has 1 aliphatic rings. The van der Waals surface area contributed by atoms with E-state index in [1.54, 1.807) is 11.8 Å². The molecule has 224 valence electrons. The molecule has 1 saturated carbocycles. The van der Waals surface area contributed by atoms with Gasteiger partial charge >= 0.3 is 0 Å². The van der Waals surface area contributed by atoms with Crippen LogP contribution in [-0.4, -0.2) is 57.8 Å². The summed E-state index contributed by atoms with van der Waals surface area (Å²) in [7, 11) is 0. The Morgan fingerprint density at radius 2 is 1.65 bits per heavy atom. The molecule has 0 aromatic heterocycles. The van der Waals surface area contributed by atoms with Crippen LogP contribution in [0.1, 0.15) is 84.6 Å². The lowest BCUT2D eigenvalue weighted by Gasteiger charge is -2.33. The Morgan fingerprint density at radius 3 is 2.25 bits per heavy atom. The quantitative estimate of drug-likeness (QED) is 0.198. The van der Waals surface area contributed by atoms with Crippen molar-refractivity contribution >= 4 is 23.6 Å². The molecule has 1 aromatic rings. The molecule has 5 atom stereocenters. The summed E-state index contributed by atoms with van der Waals surface area (Å²) >= 11 is 1.75. The molecule has 2 amide bonds. The van der Waals surface area contributed by atoms with Crippen LogP contribution < -0.4 is 10.6 Å². The van der Waals surface area contributed by atoms with E-state index < -0.39 is 30.2 Å². The highest BCUT2D eigenvalue weighted by Gasteiger charge is 2.33. The second-order valence-electron chi connectivity index (χ2n) is 12.3. The van der Waals surface area contributed by atoms with Gasteiger partial charge in [0.1, 0.15) is 12.1 Å². The predicted octanol–water partition coefficient (Wildman–Crippen LogP) is 4.97. The van der Waals surface area contributed by atoms with E-state index in [0.29, 0.717) is 36.9 Å². The van der Waals surface area contributed by atoms with E-state index in [9.17, 15) is 19.8 Å². The number of terminal acetylenes is 1.